The van der Waals surface area contributed by atoms with Crippen LogP contribution < -0.4 is 5.32 Å². The van der Waals surface area contributed by atoms with Gasteiger partial charge in [-0.05, 0) is 36.5 Å². The molecule has 1 aliphatic heterocycles. The Kier molecular flexibility index (Phi) is 4.22. The number of alkyl halides is 3. The highest BCUT2D eigenvalue weighted by atomic mass is 19.4. The van der Waals surface area contributed by atoms with Crippen LogP contribution in [0.2, 0.25) is 0 Å². The number of hydrogen-bond donors (Lipinski definition) is 1. The molecule has 3 unspecified atom stereocenters. The Morgan fingerprint density at radius 1 is 1.05 bits per heavy atom. The molecule has 1 heterocycles. The molecule has 0 aromatic heterocycles. The minimum Gasteiger partial charge on any atom is -0.372 e. The van der Waals surface area contributed by atoms with Crippen molar-refractivity contribution in [1.82, 2.24) is 5.32 Å². The lowest BCUT2D eigenvalue weighted by atomic mass is 9.85. The fraction of sp³-hybridized carbons (Fsp3) is 0.625. The van der Waals surface area contributed by atoms with Gasteiger partial charge < -0.3 is 10.1 Å². The van der Waals surface area contributed by atoms with Gasteiger partial charge >= 0.3 is 6.18 Å². The topological polar surface area (TPSA) is 21.3 Å². The SMILES string of the molecule is FC(F)(F)c1ccc(C2CNC3CCCCC3CO2)cc1. The second kappa shape index (κ2) is 5.97. The van der Waals surface area contributed by atoms with Crippen LogP contribution in [0.4, 0.5) is 13.2 Å². The van der Waals surface area contributed by atoms with Crippen LogP contribution in [0.15, 0.2) is 24.3 Å². The van der Waals surface area contributed by atoms with Gasteiger partial charge in [0.1, 0.15) is 0 Å². The molecule has 2 fully saturated rings. The summed E-state index contributed by atoms with van der Waals surface area (Å²) in [4.78, 5) is 0. The van der Waals surface area contributed by atoms with E-state index in [2.05, 4.69) is 5.32 Å². The van der Waals surface area contributed by atoms with Crippen LogP contribution in [0.1, 0.15) is 42.9 Å². The highest BCUT2D eigenvalue weighted by Crippen LogP contribution is 2.32. The van der Waals surface area contributed by atoms with Crippen molar-refractivity contribution in [2.75, 3.05) is 13.2 Å². The zero-order chi connectivity index (χ0) is 14.9. The predicted octanol–water partition coefficient (Wildman–Crippen LogP) is 3.93. The summed E-state index contributed by atoms with van der Waals surface area (Å²) < 4.78 is 43.7. The van der Waals surface area contributed by atoms with Gasteiger partial charge in [-0.15, -0.1) is 0 Å². The molecular weight excluding hydrogens is 279 g/mol. The molecular formula is C16H20F3NO. The number of rotatable bonds is 1. The number of benzene rings is 1. The Hall–Kier alpha value is -1.07. The van der Waals surface area contributed by atoms with E-state index in [-0.39, 0.29) is 6.10 Å². The van der Waals surface area contributed by atoms with Gasteiger partial charge in [0.2, 0.25) is 0 Å². The lowest BCUT2D eigenvalue weighted by Crippen LogP contribution is -2.38. The molecule has 3 atom stereocenters. The maximum atomic E-state index is 12.6. The van der Waals surface area contributed by atoms with E-state index in [9.17, 15) is 13.2 Å². The Morgan fingerprint density at radius 2 is 1.76 bits per heavy atom. The van der Waals surface area contributed by atoms with Crippen molar-refractivity contribution in [3.63, 3.8) is 0 Å². The number of halogens is 3. The Bertz CT molecular complexity index is 455. The molecule has 2 aliphatic rings. The molecule has 5 heteroatoms. The molecule has 0 bridgehead atoms. The van der Waals surface area contributed by atoms with Gasteiger partial charge in [0.25, 0.3) is 0 Å². The third kappa shape index (κ3) is 3.40. The van der Waals surface area contributed by atoms with Crippen LogP contribution in [0.3, 0.4) is 0 Å². The summed E-state index contributed by atoms with van der Waals surface area (Å²) in [5.41, 5.74) is 0.204. The van der Waals surface area contributed by atoms with E-state index < -0.39 is 11.7 Å². The first-order valence-electron chi connectivity index (χ1n) is 7.56. The second-order valence-electron chi connectivity index (χ2n) is 6.00. The van der Waals surface area contributed by atoms with E-state index in [4.69, 9.17) is 4.74 Å². The second-order valence-corrected chi connectivity index (χ2v) is 6.00. The van der Waals surface area contributed by atoms with Gasteiger partial charge in [0.05, 0.1) is 18.3 Å². The minimum absolute atomic E-state index is 0.155. The van der Waals surface area contributed by atoms with Crippen molar-refractivity contribution in [2.24, 2.45) is 5.92 Å². The van der Waals surface area contributed by atoms with Crippen LogP contribution in [0.25, 0.3) is 0 Å². The molecule has 1 N–H and O–H groups in total. The summed E-state index contributed by atoms with van der Waals surface area (Å²) in [6.07, 6.45) is 0.412. The molecule has 1 aromatic carbocycles. The predicted molar refractivity (Wildman–Crippen MR) is 73.9 cm³/mol. The van der Waals surface area contributed by atoms with Gasteiger partial charge in [0.15, 0.2) is 0 Å². The lowest BCUT2D eigenvalue weighted by molar-refractivity contribution is -0.137. The van der Waals surface area contributed by atoms with Crippen molar-refractivity contribution >= 4 is 0 Å². The molecule has 116 valence electrons. The largest absolute Gasteiger partial charge is 0.416 e. The van der Waals surface area contributed by atoms with Crippen molar-refractivity contribution in [1.29, 1.82) is 0 Å². The van der Waals surface area contributed by atoms with Crippen molar-refractivity contribution < 1.29 is 17.9 Å². The molecule has 1 saturated heterocycles. The van der Waals surface area contributed by atoms with Crippen molar-refractivity contribution in [2.45, 2.75) is 44.0 Å². The van der Waals surface area contributed by atoms with Gasteiger partial charge in [-0.1, -0.05) is 25.0 Å². The zero-order valence-electron chi connectivity index (χ0n) is 11.8. The van der Waals surface area contributed by atoms with Crippen molar-refractivity contribution in [3.8, 4) is 0 Å². The fourth-order valence-electron chi connectivity index (χ4n) is 3.33. The Morgan fingerprint density at radius 3 is 2.48 bits per heavy atom. The molecule has 21 heavy (non-hydrogen) atoms. The van der Waals surface area contributed by atoms with E-state index in [1.54, 1.807) is 0 Å². The summed E-state index contributed by atoms with van der Waals surface area (Å²) in [5.74, 6) is 0.540. The average molecular weight is 299 g/mol. The van der Waals surface area contributed by atoms with Gasteiger partial charge in [-0.25, -0.2) is 0 Å². The highest BCUT2D eigenvalue weighted by Gasteiger charge is 2.32. The first-order valence-corrected chi connectivity index (χ1v) is 7.56. The molecule has 3 rings (SSSR count). The van der Waals surface area contributed by atoms with E-state index in [0.29, 0.717) is 25.1 Å². The monoisotopic (exact) mass is 299 g/mol. The van der Waals surface area contributed by atoms with Crippen LogP contribution >= 0.6 is 0 Å². The molecule has 2 nitrogen and oxygen atoms in total. The molecule has 1 saturated carbocycles. The Balaban J connectivity index is 1.69. The summed E-state index contributed by atoms with van der Waals surface area (Å²) in [6.45, 7) is 1.37. The molecule has 0 radical (unpaired) electrons. The highest BCUT2D eigenvalue weighted by molar-refractivity contribution is 5.26. The number of hydrogen-bond acceptors (Lipinski definition) is 2. The average Bonchev–Trinajstić information content (AvgIpc) is 2.69. The molecule has 1 aliphatic carbocycles. The van der Waals surface area contributed by atoms with Crippen LogP contribution in [-0.4, -0.2) is 19.2 Å². The minimum atomic E-state index is -4.28. The third-order valence-electron chi connectivity index (χ3n) is 4.60. The van der Waals surface area contributed by atoms with Crippen LogP contribution in [0.5, 0.6) is 0 Å². The quantitative estimate of drug-likeness (QED) is 0.848. The lowest BCUT2D eigenvalue weighted by Gasteiger charge is -2.29. The van der Waals surface area contributed by atoms with E-state index in [0.717, 1.165) is 17.7 Å². The molecule has 0 spiro atoms. The summed E-state index contributed by atoms with van der Waals surface area (Å²) in [7, 11) is 0. The number of nitrogens with one attached hydrogen (secondary N) is 1. The van der Waals surface area contributed by atoms with E-state index in [1.807, 2.05) is 0 Å². The van der Waals surface area contributed by atoms with Crippen LogP contribution in [-0.2, 0) is 10.9 Å². The molecule has 1 aromatic rings. The molecule has 0 amide bonds. The van der Waals surface area contributed by atoms with Crippen LogP contribution in [0, 0.1) is 5.92 Å². The van der Waals surface area contributed by atoms with Gasteiger partial charge in [-0.2, -0.15) is 13.2 Å². The van der Waals surface area contributed by atoms with Crippen molar-refractivity contribution in [3.05, 3.63) is 35.4 Å². The summed E-state index contributed by atoms with van der Waals surface area (Å²) in [5, 5.41) is 3.53. The van der Waals surface area contributed by atoms with E-state index in [1.165, 1.54) is 37.8 Å². The maximum absolute atomic E-state index is 12.6. The number of fused-ring (bicyclic) bond motifs is 1. The van der Waals surface area contributed by atoms with Gasteiger partial charge in [0, 0.05) is 12.6 Å². The smallest absolute Gasteiger partial charge is 0.372 e. The maximum Gasteiger partial charge on any atom is 0.416 e. The summed E-state index contributed by atoms with van der Waals surface area (Å²) in [6, 6.07) is 5.83. The first-order chi connectivity index (χ1) is 10.0. The zero-order valence-corrected chi connectivity index (χ0v) is 11.8. The summed E-state index contributed by atoms with van der Waals surface area (Å²) >= 11 is 0. The van der Waals surface area contributed by atoms with Gasteiger partial charge in [-0.3, -0.25) is 0 Å². The first kappa shape index (κ1) is 14.9. The number of ether oxygens (including phenoxy) is 1. The standard InChI is InChI=1S/C16H20F3NO/c17-16(18,19)13-7-5-11(6-8-13)15-9-20-14-4-2-1-3-12(14)10-21-15/h5-8,12,14-15,20H,1-4,9-10H2. The van der Waals surface area contributed by atoms with E-state index >= 15 is 0 Å². The Labute approximate surface area is 122 Å². The third-order valence-corrected chi connectivity index (χ3v) is 4.60. The fourth-order valence-corrected chi connectivity index (χ4v) is 3.33. The normalized spacial score (nSPS) is 30.5.